The van der Waals surface area contributed by atoms with E-state index in [0.29, 0.717) is 0 Å². The summed E-state index contributed by atoms with van der Waals surface area (Å²) in [5.74, 6) is 0. The van der Waals surface area contributed by atoms with E-state index in [1.165, 1.54) is 64.0 Å². The first kappa shape index (κ1) is 26.7. The zero-order chi connectivity index (χ0) is 30.5. The molecule has 1 aromatic heterocycles. The normalized spacial score (nSPS) is 11.5. The highest BCUT2D eigenvalue weighted by Gasteiger charge is 2.15. The molecule has 0 unspecified atom stereocenters. The maximum Gasteiger partial charge on any atom is 0.0468 e. The monoisotopic (exact) mass is 603 g/mol. The molecule has 8 aromatic carbocycles. The van der Waals surface area contributed by atoms with Gasteiger partial charge in [-0.3, -0.25) is 0 Å². The number of rotatable bonds is 5. The van der Waals surface area contributed by atoms with Crippen molar-refractivity contribution in [1.29, 1.82) is 0 Å². The van der Waals surface area contributed by atoms with Crippen LogP contribution in [0.25, 0.3) is 64.0 Å². The van der Waals surface area contributed by atoms with Crippen molar-refractivity contribution in [2.45, 2.75) is 0 Å². The minimum atomic E-state index is 1.12. The predicted octanol–water partition coefficient (Wildman–Crippen LogP) is 13.2. The van der Waals surface area contributed by atoms with Crippen molar-refractivity contribution < 1.29 is 0 Å². The molecule has 1 nitrogen and oxygen atoms in total. The molecular formula is C44H29NS. The molecular weight excluding hydrogens is 575 g/mol. The number of thiophene rings is 1. The van der Waals surface area contributed by atoms with Crippen molar-refractivity contribution in [2.75, 3.05) is 4.90 Å². The zero-order valence-electron chi connectivity index (χ0n) is 25.1. The Hall–Kier alpha value is -5.70. The highest BCUT2D eigenvalue weighted by atomic mass is 32.1. The topological polar surface area (TPSA) is 3.24 Å². The van der Waals surface area contributed by atoms with Gasteiger partial charge in [-0.1, -0.05) is 127 Å². The van der Waals surface area contributed by atoms with Crippen LogP contribution in [0.5, 0.6) is 0 Å². The molecule has 1 heterocycles. The quantitative estimate of drug-likeness (QED) is 0.189. The first-order chi connectivity index (χ1) is 22.8. The number of hydrogen-bond acceptors (Lipinski definition) is 2. The van der Waals surface area contributed by atoms with Crippen LogP contribution < -0.4 is 4.90 Å². The molecule has 0 radical (unpaired) electrons. The van der Waals surface area contributed by atoms with E-state index in [9.17, 15) is 0 Å². The van der Waals surface area contributed by atoms with E-state index in [-0.39, 0.29) is 0 Å². The maximum absolute atomic E-state index is 2.38. The van der Waals surface area contributed by atoms with Gasteiger partial charge in [-0.2, -0.15) is 0 Å². The minimum Gasteiger partial charge on any atom is -0.310 e. The van der Waals surface area contributed by atoms with Gasteiger partial charge in [0, 0.05) is 37.2 Å². The summed E-state index contributed by atoms with van der Waals surface area (Å²) in [6, 6.07) is 64.0. The lowest BCUT2D eigenvalue weighted by Crippen LogP contribution is -2.10. The Labute approximate surface area is 272 Å². The van der Waals surface area contributed by atoms with Gasteiger partial charge in [-0.05, 0) is 92.3 Å². The van der Waals surface area contributed by atoms with Crippen molar-refractivity contribution in [3.8, 4) is 22.3 Å². The van der Waals surface area contributed by atoms with Gasteiger partial charge in [-0.15, -0.1) is 11.3 Å². The van der Waals surface area contributed by atoms with Crippen molar-refractivity contribution in [3.63, 3.8) is 0 Å². The Morgan fingerprint density at radius 1 is 0.326 bits per heavy atom. The van der Waals surface area contributed by atoms with Crippen LogP contribution in [0.4, 0.5) is 17.1 Å². The average Bonchev–Trinajstić information content (AvgIpc) is 3.50. The predicted molar refractivity (Wildman–Crippen MR) is 200 cm³/mol. The van der Waals surface area contributed by atoms with Crippen molar-refractivity contribution >= 4 is 70.1 Å². The van der Waals surface area contributed by atoms with Crippen LogP contribution in [0.2, 0.25) is 0 Å². The molecule has 0 aliphatic carbocycles. The third kappa shape index (κ3) is 4.63. The second kappa shape index (κ2) is 11.0. The van der Waals surface area contributed by atoms with Crippen LogP contribution in [0.15, 0.2) is 176 Å². The second-order valence-corrected chi connectivity index (χ2v) is 12.9. The molecule has 2 heteroatoms. The van der Waals surface area contributed by atoms with Gasteiger partial charge in [-0.25, -0.2) is 0 Å². The lowest BCUT2D eigenvalue weighted by atomic mass is 9.98. The first-order valence-corrected chi connectivity index (χ1v) is 16.5. The molecule has 216 valence electrons. The molecule has 0 aliphatic rings. The van der Waals surface area contributed by atoms with Crippen LogP contribution in [-0.2, 0) is 0 Å². The lowest BCUT2D eigenvalue weighted by Gasteiger charge is -2.26. The zero-order valence-corrected chi connectivity index (χ0v) is 25.9. The molecule has 0 aliphatic heterocycles. The fourth-order valence-electron chi connectivity index (χ4n) is 6.76. The van der Waals surface area contributed by atoms with E-state index >= 15 is 0 Å². The minimum absolute atomic E-state index is 1.12. The van der Waals surface area contributed by atoms with Gasteiger partial charge in [0.1, 0.15) is 0 Å². The summed E-state index contributed by atoms with van der Waals surface area (Å²) in [6.07, 6.45) is 0. The molecule has 0 saturated carbocycles. The fourth-order valence-corrected chi connectivity index (χ4v) is 7.91. The van der Waals surface area contributed by atoms with E-state index in [1.54, 1.807) is 0 Å². The molecule has 0 N–H and O–H groups in total. The van der Waals surface area contributed by atoms with Crippen molar-refractivity contribution in [3.05, 3.63) is 176 Å². The van der Waals surface area contributed by atoms with Gasteiger partial charge in [0.15, 0.2) is 0 Å². The van der Waals surface area contributed by atoms with E-state index in [1.807, 2.05) is 11.3 Å². The van der Waals surface area contributed by atoms with Crippen molar-refractivity contribution in [2.24, 2.45) is 0 Å². The van der Waals surface area contributed by atoms with Gasteiger partial charge in [0.05, 0.1) is 0 Å². The molecule has 0 fully saturated rings. The summed E-state index contributed by atoms with van der Waals surface area (Å²) < 4.78 is 2.65. The Balaban J connectivity index is 1.16. The number of benzene rings is 8. The lowest BCUT2D eigenvalue weighted by molar-refractivity contribution is 1.29. The van der Waals surface area contributed by atoms with Gasteiger partial charge in [0.2, 0.25) is 0 Å². The van der Waals surface area contributed by atoms with Crippen LogP contribution >= 0.6 is 11.3 Å². The maximum atomic E-state index is 2.38. The summed E-state index contributed by atoms with van der Waals surface area (Å²) in [7, 11) is 0. The van der Waals surface area contributed by atoms with Crippen LogP contribution in [0.3, 0.4) is 0 Å². The van der Waals surface area contributed by atoms with Gasteiger partial charge in [0.25, 0.3) is 0 Å². The number of hydrogen-bond donors (Lipinski definition) is 0. The summed E-state index contributed by atoms with van der Waals surface area (Å²) in [6.45, 7) is 0. The van der Waals surface area contributed by atoms with Crippen LogP contribution in [-0.4, -0.2) is 0 Å². The molecule has 46 heavy (non-hydrogen) atoms. The number of fused-ring (bicyclic) bond motifs is 5. The van der Waals surface area contributed by atoms with E-state index in [2.05, 4.69) is 181 Å². The summed E-state index contributed by atoms with van der Waals surface area (Å²) in [5.41, 5.74) is 8.28. The van der Waals surface area contributed by atoms with Gasteiger partial charge >= 0.3 is 0 Å². The average molecular weight is 604 g/mol. The van der Waals surface area contributed by atoms with Crippen LogP contribution in [0, 0.1) is 0 Å². The molecule has 9 rings (SSSR count). The summed E-state index contributed by atoms with van der Waals surface area (Å²) in [4.78, 5) is 2.38. The Kier molecular flexibility index (Phi) is 6.40. The molecule has 0 spiro atoms. The van der Waals surface area contributed by atoms with Gasteiger partial charge < -0.3 is 4.90 Å². The summed E-state index contributed by atoms with van der Waals surface area (Å²) >= 11 is 1.87. The molecule has 0 amide bonds. The largest absolute Gasteiger partial charge is 0.310 e. The number of nitrogens with zero attached hydrogens (tertiary/aromatic N) is 1. The third-order valence-corrected chi connectivity index (χ3v) is 10.2. The first-order valence-electron chi connectivity index (χ1n) is 15.7. The Bertz CT molecular complexity index is 2530. The Morgan fingerprint density at radius 3 is 1.85 bits per heavy atom. The second-order valence-electron chi connectivity index (χ2n) is 11.8. The van der Waals surface area contributed by atoms with E-state index in [0.717, 1.165) is 17.1 Å². The number of anilines is 3. The van der Waals surface area contributed by atoms with Crippen molar-refractivity contribution in [1.82, 2.24) is 0 Å². The smallest absolute Gasteiger partial charge is 0.0468 e. The molecule has 0 atom stereocenters. The SMILES string of the molecule is c1cc(-c2ccc3c(c2)sc2ccccc23)cc(N(c2ccc(-c3cccc4ccccc34)cc2)c2ccc3ccccc3c2)c1. The highest BCUT2D eigenvalue weighted by molar-refractivity contribution is 7.25. The molecule has 9 aromatic rings. The highest BCUT2D eigenvalue weighted by Crippen LogP contribution is 2.41. The standard InChI is InChI=1S/C44H29NS/c1-2-11-33-27-38(25-19-30(33)9-1)45(36-23-20-32(21-24-36)40-17-8-12-31-10-3-4-15-39(31)40)37-14-7-13-34(28-37)35-22-26-42-41-16-5-6-18-43(41)46-44(42)29-35/h1-29H. The van der Waals surface area contributed by atoms with E-state index < -0.39 is 0 Å². The Morgan fingerprint density at radius 2 is 0.957 bits per heavy atom. The van der Waals surface area contributed by atoms with E-state index in [4.69, 9.17) is 0 Å². The summed E-state index contributed by atoms with van der Waals surface area (Å²) in [5, 5.41) is 7.65. The third-order valence-electron chi connectivity index (χ3n) is 9.03. The molecule has 0 bridgehead atoms. The molecule has 0 saturated heterocycles. The fraction of sp³-hybridized carbons (Fsp3) is 0. The van der Waals surface area contributed by atoms with Crippen LogP contribution in [0.1, 0.15) is 0 Å².